The molecular formula is C7H8N4O5S2. The molecule has 18 heavy (non-hydrogen) atoms. The SMILES string of the molecule is CN1C(=O)N(c2nnc(S(C)(=O)=O)s2)C(=O)C1O. The van der Waals surface area contributed by atoms with Gasteiger partial charge in [0.2, 0.25) is 25.5 Å². The summed E-state index contributed by atoms with van der Waals surface area (Å²) >= 11 is 0.585. The minimum Gasteiger partial charge on any atom is -0.365 e. The van der Waals surface area contributed by atoms with Gasteiger partial charge in [0, 0.05) is 13.3 Å². The lowest BCUT2D eigenvalue weighted by Gasteiger charge is -2.09. The first-order chi connectivity index (χ1) is 8.23. The van der Waals surface area contributed by atoms with E-state index in [0.29, 0.717) is 16.2 Å². The number of likely N-dealkylation sites (N-methyl/N-ethyl adjacent to an activating group) is 1. The van der Waals surface area contributed by atoms with Gasteiger partial charge in [0.25, 0.3) is 5.91 Å². The van der Waals surface area contributed by atoms with E-state index in [2.05, 4.69) is 10.2 Å². The van der Waals surface area contributed by atoms with Crippen molar-refractivity contribution in [2.45, 2.75) is 10.6 Å². The highest BCUT2D eigenvalue weighted by Gasteiger charge is 2.44. The Balaban J connectivity index is 2.42. The van der Waals surface area contributed by atoms with Crippen molar-refractivity contribution in [3.63, 3.8) is 0 Å². The number of carbonyl (C=O) groups is 2. The number of amides is 3. The van der Waals surface area contributed by atoms with E-state index in [0.717, 1.165) is 11.2 Å². The molecule has 1 unspecified atom stereocenters. The number of hydrogen-bond donors (Lipinski definition) is 1. The Kier molecular flexibility index (Phi) is 2.83. The number of rotatable bonds is 2. The predicted molar refractivity (Wildman–Crippen MR) is 59.7 cm³/mol. The topological polar surface area (TPSA) is 121 Å². The van der Waals surface area contributed by atoms with Crippen LogP contribution in [-0.4, -0.2) is 60.1 Å². The maximum absolute atomic E-state index is 11.6. The molecule has 11 heteroatoms. The van der Waals surface area contributed by atoms with Crippen LogP contribution in [-0.2, 0) is 14.6 Å². The first kappa shape index (κ1) is 12.9. The Morgan fingerprint density at radius 3 is 2.33 bits per heavy atom. The minimum atomic E-state index is -3.55. The van der Waals surface area contributed by atoms with Crippen LogP contribution in [0.3, 0.4) is 0 Å². The highest BCUT2D eigenvalue weighted by molar-refractivity contribution is 7.92. The molecule has 0 aliphatic carbocycles. The molecule has 1 aliphatic rings. The molecule has 1 N–H and O–H groups in total. The Hall–Kier alpha value is -1.59. The van der Waals surface area contributed by atoms with Crippen molar-refractivity contribution in [3.8, 4) is 0 Å². The van der Waals surface area contributed by atoms with Gasteiger partial charge in [-0.2, -0.15) is 0 Å². The maximum atomic E-state index is 11.6. The lowest BCUT2D eigenvalue weighted by Crippen LogP contribution is -2.31. The highest BCUT2D eigenvalue weighted by Crippen LogP contribution is 2.28. The number of nitrogens with zero attached hydrogens (tertiary/aromatic N) is 4. The molecule has 98 valence electrons. The van der Waals surface area contributed by atoms with E-state index in [4.69, 9.17) is 0 Å². The Bertz CT molecular complexity index is 604. The number of carbonyl (C=O) groups excluding carboxylic acids is 2. The van der Waals surface area contributed by atoms with Crippen molar-refractivity contribution in [2.24, 2.45) is 0 Å². The summed E-state index contributed by atoms with van der Waals surface area (Å²) in [5, 5.41) is 16.1. The Labute approximate surface area is 106 Å². The summed E-state index contributed by atoms with van der Waals surface area (Å²) in [6.45, 7) is 0. The van der Waals surface area contributed by atoms with Crippen LogP contribution in [0.4, 0.5) is 9.93 Å². The number of hydrogen-bond acceptors (Lipinski definition) is 8. The summed E-state index contributed by atoms with van der Waals surface area (Å²) in [6, 6.07) is -0.788. The van der Waals surface area contributed by atoms with E-state index in [1.807, 2.05) is 0 Å². The molecule has 0 spiro atoms. The molecule has 1 fully saturated rings. The summed E-state index contributed by atoms with van der Waals surface area (Å²) in [5.41, 5.74) is 0. The van der Waals surface area contributed by atoms with Gasteiger partial charge in [0.1, 0.15) is 0 Å². The number of sulfone groups is 1. The molecular weight excluding hydrogens is 284 g/mol. The van der Waals surface area contributed by atoms with Crippen LogP contribution in [0.15, 0.2) is 4.34 Å². The molecule has 3 amide bonds. The van der Waals surface area contributed by atoms with E-state index in [-0.39, 0.29) is 9.47 Å². The third-order valence-electron chi connectivity index (χ3n) is 2.21. The second kappa shape index (κ2) is 3.96. The van der Waals surface area contributed by atoms with Crippen molar-refractivity contribution < 1.29 is 23.1 Å². The van der Waals surface area contributed by atoms with Gasteiger partial charge in [-0.25, -0.2) is 18.1 Å². The fourth-order valence-electron chi connectivity index (χ4n) is 1.26. The average Bonchev–Trinajstić information content (AvgIpc) is 2.81. The van der Waals surface area contributed by atoms with Crippen LogP contribution in [0, 0.1) is 0 Å². The summed E-state index contributed by atoms with van der Waals surface area (Å²) in [7, 11) is -2.31. The van der Waals surface area contributed by atoms with E-state index in [1.54, 1.807) is 0 Å². The molecule has 1 aromatic rings. The van der Waals surface area contributed by atoms with Crippen molar-refractivity contribution in [2.75, 3.05) is 18.2 Å². The minimum absolute atomic E-state index is 0.186. The van der Waals surface area contributed by atoms with Gasteiger partial charge in [-0.1, -0.05) is 11.3 Å². The highest BCUT2D eigenvalue weighted by atomic mass is 32.2. The molecule has 0 aromatic carbocycles. The molecule has 1 aliphatic heterocycles. The summed E-state index contributed by atoms with van der Waals surface area (Å²) in [6.07, 6.45) is -0.658. The summed E-state index contributed by atoms with van der Waals surface area (Å²) in [5.74, 6) is -0.890. The standard InChI is InChI=1S/C7H8N4O5S2/c1-10-3(12)4(13)11(7(10)14)5-8-9-6(17-5)18(2,15)16/h3,12H,1-2H3. The fourth-order valence-corrected chi connectivity index (χ4v) is 2.85. The Morgan fingerprint density at radius 2 is 1.94 bits per heavy atom. The third-order valence-corrected chi connectivity index (χ3v) is 4.78. The van der Waals surface area contributed by atoms with Crippen LogP contribution in [0.1, 0.15) is 0 Å². The van der Waals surface area contributed by atoms with Crippen LogP contribution in [0.5, 0.6) is 0 Å². The van der Waals surface area contributed by atoms with Crippen molar-refractivity contribution in [1.29, 1.82) is 0 Å². The first-order valence-corrected chi connectivity index (χ1v) is 7.26. The van der Waals surface area contributed by atoms with Crippen LogP contribution in [0.25, 0.3) is 0 Å². The summed E-state index contributed by atoms with van der Waals surface area (Å²) < 4.78 is 22.1. The fraction of sp³-hybridized carbons (Fsp3) is 0.429. The normalized spacial score (nSPS) is 20.9. The van der Waals surface area contributed by atoms with Gasteiger partial charge in [-0.15, -0.1) is 10.2 Å². The lowest BCUT2D eigenvalue weighted by molar-refractivity contribution is -0.128. The quantitative estimate of drug-likeness (QED) is 0.529. The zero-order valence-electron chi connectivity index (χ0n) is 9.26. The van der Waals surface area contributed by atoms with Gasteiger partial charge in [-0.3, -0.25) is 9.69 Å². The van der Waals surface area contributed by atoms with Crippen LogP contribution in [0.2, 0.25) is 0 Å². The van der Waals surface area contributed by atoms with Gasteiger partial charge in [-0.05, 0) is 0 Å². The molecule has 0 radical (unpaired) electrons. The van der Waals surface area contributed by atoms with Gasteiger partial charge < -0.3 is 5.11 Å². The molecule has 1 saturated heterocycles. The van der Waals surface area contributed by atoms with Gasteiger partial charge in [0.15, 0.2) is 0 Å². The molecule has 2 heterocycles. The molecule has 0 saturated carbocycles. The number of aliphatic hydroxyl groups excluding tert-OH is 1. The van der Waals surface area contributed by atoms with E-state index in [1.165, 1.54) is 7.05 Å². The predicted octanol–water partition coefficient (Wildman–Crippen LogP) is -1.34. The smallest absolute Gasteiger partial charge is 0.335 e. The van der Waals surface area contributed by atoms with E-state index >= 15 is 0 Å². The second-order valence-corrected chi connectivity index (χ2v) is 6.71. The van der Waals surface area contributed by atoms with Gasteiger partial charge >= 0.3 is 6.03 Å². The first-order valence-electron chi connectivity index (χ1n) is 4.56. The number of aliphatic hydroxyl groups is 1. The van der Waals surface area contributed by atoms with Crippen molar-refractivity contribution in [1.82, 2.24) is 15.1 Å². The molecule has 2 rings (SSSR count). The maximum Gasteiger partial charge on any atom is 0.335 e. The second-order valence-electron chi connectivity index (χ2n) is 3.56. The monoisotopic (exact) mass is 292 g/mol. The summed E-state index contributed by atoms with van der Waals surface area (Å²) in [4.78, 5) is 24.6. The number of urea groups is 1. The number of anilines is 1. The van der Waals surface area contributed by atoms with Crippen molar-refractivity contribution >= 4 is 38.2 Å². The average molecular weight is 292 g/mol. The molecule has 9 nitrogen and oxygen atoms in total. The van der Waals surface area contributed by atoms with Gasteiger partial charge in [0.05, 0.1) is 0 Å². The number of imide groups is 1. The molecule has 0 bridgehead atoms. The van der Waals surface area contributed by atoms with E-state index < -0.39 is 28.0 Å². The zero-order chi connectivity index (χ0) is 13.7. The van der Waals surface area contributed by atoms with Crippen molar-refractivity contribution in [3.05, 3.63) is 0 Å². The molecule has 1 atom stereocenters. The molecule has 1 aromatic heterocycles. The lowest BCUT2D eigenvalue weighted by atomic mass is 10.5. The van der Waals surface area contributed by atoms with Crippen LogP contribution >= 0.6 is 11.3 Å². The Morgan fingerprint density at radius 1 is 1.33 bits per heavy atom. The van der Waals surface area contributed by atoms with E-state index in [9.17, 15) is 23.1 Å². The van der Waals surface area contributed by atoms with Crippen LogP contribution < -0.4 is 4.90 Å². The number of aromatic nitrogens is 2. The third kappa shape index (κ3) is 1.85. The zero-order valence-corrected chi connectivity index (χ0v) is 10.9. The largest absolute Gasteiger partial charge is 0.365 e.